The molecule has 0 heterocycles. The standard InChI is InChI=1S/C13H18BrClO/c1-3-13(15)10(2)7-8-16-12-6-4-5-11(14)9-12/h4-6,9-10,13H,3,7-8H2,1-2H3. The number of rotatable bonds is 6. The zero-order valence-corrected chi connectivity index (χ0v) is 12.1. The molecular formula is C13H18BrClO. The van der Waals surface area contributed by atoms with Crippen LogP contribution in [0, 0.1) is 5.92 Å². The van der Waals surface area contributed by atoms with Crippen LogP contribution in [-0.4, -0.2) is 12.0 Å². The minimum Gasteiger partial charge on any atom is -0.494 e. The molecular weight excluding hydrogens is 287 g/mol. The maximum atomic E-state index is 6.16. The first kappa shape index (κ1) is 13.9. The van der Waals surface area contributed by atoms with E-state index in [2.05, 4.69) is 29.8 Å². The highest BCUT2D eigenvalue weighted by molar-refractivity contribution is 9.10. The average Bonchev–Trinajstić information content (AvgIpc) is 2.28. The smallest absolute Gasteiger partial charge is 0.120 e. The van der Waals surface area contributed by atoms with Crippen LogP contribution >= 0.6 is 27.5 Å². The summed E-state index contributed by atoms with van der Waals surface area (Å²) in [7, 11) is 0. The van der Waals surface area contributed by atoms with E-state index in [4.69, 9.17) is 16.3 Å². The summed E-state index contributed by atoms with van der Waals surface area (Å²) in [5.74, 6) is 1.41. The third-order valence-electron chi connectivity index (χ3n) is 2.65. The van der Waals surface area contributed by atoms with Gasteiger partial charge in [0.05, 0.1) is 6.61 Å². The van der Waals surface area contributed by atoms with Crippen molar-refractivity contribution in [2.45, 2.75) is 32.1 Å². The maximum absolute atomic E-state index is 6.16. The van der Waals surface area contributed by atoms with Crippen molar-refractivity contribution >= 4 is 27.5 Å². The van der Waals surface area contributed by atoms with E-state index in [-0.39, 0.29) is 5.38 Å². The summed E-state index contributed by atoms with van der Waals surface area (Å²) in [6, 6.07) is 7.90. The van der Waals surface area contributed by atoms with Gasteiger partial charge in [0.1, 0.15) is 5.75 Å². The highest BCUT2D eigenvalue weighted by Gasteiger charge is 2.11. The van der Waals surface area contributed by atoms with Gasteiger partial charge in [-0.25, -0.2) is 0 Å². The van der Waals surface area contributed by atoms with Gasteiger partial charge in [-0.05, 0) is 37.0 Å². The van der Waals surface area contributed by atoms with Crippen molar-refractivity contribution in [1.82, 2.24) is 0 Å². The Morgan fingerprint density at radius 3 is 2.81 bits per heavy atom. The number of benzene rings is 1. The van der Waals surface area contributed by atoms with Crippen LogP contribution in [0.5, 0.6) is 5.75 Å². The predicted octanol–water partition coefficient (Wildman–Crippen LogP) is 4.87. The van der Waals surface area contributed by atoms with Crippen LogP contribution < -0.4 is 4.74 Å². The lowest BCUT2D eigenvalue weighted by atomic mass is 10.0. The van der Waals surface area contributed by atoms with Crippen LogP contribution in [0.3, 0.4) is 0 Å². The molecule has 1 rings (SSSR count). The summed E-state index contributed by atoms with van der Waals surface area (Å²) < 4.78 is 6.71. The van der Waals surface area contributed by atoms with Crippen molar-refractivity contribution in [3.8, 4) is 5.75 Å². The van der Waals surface area contributed by atoms with Crippen LogP contribution in [0.15, 0.2) is 28.7 Å². The number of halogens is 2. The lowest BCUT2D eigenvalue weighted by molar-refractivity contribution is 0.280. The molecule has 0 saturated heterocycles. The number of hydrogen-bond donors (Lipinski definition) is 0. The van der Waals surface area contributed by atoms with Crippen LogP contribution in [0.2, 0.25) is 0 Å². The van der Waals surface area contributed by atoms with Gasteiger partial charge in [-0.2, -0.15) is 0 Å². The van der Waals surface area contributed by atoms with Crippen molar-refractivity contribution in [2.24, 2.45) is 5.92 Å². The van der Waals surface area contributed by atoms with E-state index < -0.39 is 0 Å². The van der Waals surface area contributed by atoms with Crippen LogP contribution in [-0.2, 0) is 0 Å². The lowest BCUT2D eigenvalue weighted by Crippen LogP contribution is -2.13. The van der Waals surface area contributed by atoms with Crippen LogP contribution in [0.25, 0.3) is 0 Å². The maximum Gasteiger partial charge on any atom is 0.120 e. The summed E-state index contributed by atoms with van der Waals surface area (Å²) in [5, 5.41) is 0.256. The Kier molecular flexibility index (Phi) is 6.22. The van der Waals surface area contributed by atoms with Gasteiger partial charge in [0.15, 0.2) is 0 Å². The monoisotopic (exact) mass is 304 g/mol. The Morgan fingerprint density at radius 2 is 2.19 bits per heavy atom. The first-order valence-corrected chi connectivity index (χ1v) is 6.89. The summed E-state index contributed by atoms with van der Waals surface area (Å²) >= 11 is 9.58. The molecule has 0 fully saturated rings. The van der Waals surface area contributed by atoms with Crippen molar-refractivity contribution in [1.29, 1.82) is 0 Å². The Balaban J connectivity index is 2.30. The van der Waals surface area contributed by atoms with E-state index in [1.165, 1.54) is 0 Å². The molecule has 0 radical (unpaired) electrons. The SMILES string of the molecule is CCC(Cl)C(C)CCOc1cccc(Br)c1. The van der Waals surface area contributed by atoms with Gasteiger partial charge in [0.2, 0.25) is 0 Å². The lowest BCUT2D eigenvalue weighted by Gasteiger charge is -2.16. The molecule has 1 nitrogen and oxygen atoms in total. The highest BCUT2D eigenvalue weighted by atomic mass is 79.9. The molecule has 0 aromatic heterocycles. The van der Waals surface area contributed by atoms with Crippen molar-refractivity contribution in [3.63, 3.8) is 0 Å². The molecule has 0 N–H and O–H groups in total. The first-order valence-electron chi connectivity index (χ1n) is 5.66. The van der Waals surface area contributed by atoms with Gasteiger partial charge in [0, 0.05) is 9.85 Å². The Hall–Kier alpha value is -0.210. The summed E-state index contributed by atoms with van der Waals surface area (Å²) in [4.78, 5) is 0. The number of hydrogen-bond acceptors (Lipinski definition) is 1. The first-order chi connectivity index (χ1) is 7.63. The molecule has 1 aromatic rings. The molecule has 16 heavy (non-hydrogen) atoms. The number of alkyl halides is 1. The van der Waals surface area contributed by atoms with E-state index in [9.17, 15) is 0 Å². The molecule has 0 bridgehead atoms. The second kappa shape index (κ2) is 7.18. The summed E-state index contributed by atoms with van der Waals surface area (Å²) in [5.41, 5.74) is 0. The van der Waals surface area contributed by atoms with Crippen molar-refractivity contribution in [3.05, 3.63) is 28.7 Å². The second-order valence-corrected chi connectivity index (χ2v) is 5.47. The fraction of sp³-hybridized carbons (Fsp3) is 0.538. The molecule has 2 atom stereocenters. The van der Waals surface area contributed by atoms with Crippen molar-refractivity contribution in [2.75, 3.05) is 6.61 Å². The zero-order valence-electron chi connectivity index (χ0n) is 9.75. The third kappa shape index (κ3) is 4.75. The van der Waals surface area contributed by atoms with E-state index in [1.54, 1.807) is 0 Å². The van der Waals surface area contributed by atoms with Crippen LogP contribution in [0.1, 0.15) is 26.7 Å². The molecule has 90 valence electrons. The minimum absolute atomic E-state index is 0.256. The minimum atomic E-state index is 0.256. The highest BCUT2D eigenvalue weighted by Crippen LogP contribution is 2.20. The number of ether oxygens (including phenoxy) is 1. The molecule has 0 aliphatic rings. The van der Waals surface area contributed by atoms with E-state index in [0.29, 0.717) is 5.92 Å². The fourth-order valence-corrected chi connectivity index (χ4v) is 2.01. The molecule has 0 saturated carbocycles. The molecule has 1 aromatic carbocycles. The molecule has 0 amide bonds. The van der Waals surface area contributed by atoms with E-state index in [0.717, 1.165) is 29.7 Å². The molecule has 0 aliphatic carbocycles. The topological polar surface area (TPSA) is 9.23 Å². The van der Waals surface area contributed by atoms with Gasteiger partial charge >= 0.3 is 0 Å². The third-order valence-corrected chi connectivity index (χ3v) is 3.88. The van der Waals surface area contributed by atoms with Crippen LogP contribution in [0.4, 0.5) is 0 Å². The second-order valence-electron chi connectivity index (χ2n) is 4.00. The van der Waals surface area contributed by atoms with Gasteiger partial charge in [-0.1, -0.05) is 35.8 Å². The Morgan fingerprint density at radius 1 is 1.44 bits per heavy atom. The van der Waals surface area contributed by atoms with Gasteiger partial charge in [-0.3, -0.25) is 0 Å². The summed E-state index contributed by atoms with van der Waals surface area (Å²) in [6.07, 6.45) is 2.01. The summed E-state index contributed by atoms with van der Waals surface area (Å²) in [6.45, 7) is 5.01. The molecule has 0 aliphatic heterocycles. The predicted molar refractivity (Wildman–Crippen MR) is 73.4 cm³/mol. The zero-order chi connectivity index (χ0) is 12.0. The molecule has 0 spiro atoms. The average molecular weight is 306 g/mol. The molecule has 3 heteroatoms. The normalized spacial score (nSPS) is 14.5. The fourth-order valence-electron chi connectivity index (χ4n) is 1.50. The Bertz CT molecular complexity index is 317. The van der Waals surface area contributed by atoms with Gasteiger partial charge in [-0.15, -0.1) is 11.6 Å². The van der Waals surface area contributed by atoms with E-state index >= 15 is 0 Å². The Labute approximate surface area is 111 Å². The van der Waals surface area contributed by atoms with Crippen molar-refractivity contribution < 1.29 is 4.74 Å². The van der Waals surface area contributed by atoms with Gasteiger partial charge in [0.25, 0.3) is 0 Å². The van der Waals surface area contributed by atoms with Gasteiger partial charge < -0.3 is 4.74 Å². The molecule has 2 unspecified atom stereocenters. The quantitative estimate of drug-likeness (QED) is 0.681. The van der Waals surface area contributed by atoms with E-state index in [1.807, 2.05) is 24.3 Å². The largest absolute Gasteiger partial charge is 0.494 e.